The molecule has 0 aliphatic carbocycles. The van der Waals surface area contributed by atoms with Crippen molar-refractivity contribution in [2.45, 2.75) is 6.92 Å². The molecular weight excluding hydrogens is 326 g/mol. The molecule has 0 atom stereocenters. The van der Waals surface area contributed by atoms with Crippen molar-refractivity contribution in [1.82, 2.24) is 10.3 Å². The van der Waals surface area contributed by atoms with E-state index in [9.17, 15) is 19.2 Å². The van der Waals surface area contributed by atoms with Crippen LogP contribution in [-0.4, -0.2) is 42.2 Å². The van der Waals surface area contributed by atoms with Crippen molar-refractivity contribution >= 4 is 29.3 Å². The second-order valence-corrected chi connectivity index (χ2v) is 5.14. The first-order valence-electron chi connectivity index (χ1n) is 7.39. The number of rotatable bonds is 6. The number of nitrogens with one attached hydrogen (secondary N) is 3. The number of ether oxygens (including phenoxy) is 1. The Kier molecular flexibility index (Phi) is 5.67. The SMILES string of the molecule is CNC(=O)c1cccc(NC(=O)COC(=O)c2cc(C(C)=O)c[nH]2)c1. The third kappa shape index (κ3) is 4.77. The minimum Gasteiger partial charge on any atom is -0.451 e. The summed E-state index contributed by atoms with van der Waals surface area (Å²) in [6, 6.07) is 7.69. The van der Waals surface area contributed by atoms with Crippen LogP contribution < -0.4 is 10.6 Å². The number of aromatic amines is 1. The van der Waals surface area contributed by atoms with E-state index in [1.165, 1.54) is 32.3 Å². The van der Waals surface area contributed by atoms with E-state index in [0.717, 1.165) is 0 Å². The molecule has 0 unspecified atom stereocenters. The molecule has 8 heteroatoms. The summed E-state index contributed by atoms with van der Waals surface area (Å²) < 4.78 is 4.88. The van der Waals surface area contributed by atoms with E-state index < -0.39 is 18.5 Å². The van der Waals surface area contributed by atoms with Gasteiger partial charge in [-0.1, -0.05) is 6.07 Å². The Morgan fingerprint density at radius 1 is 1.12 bits per heavy atom. The highest BCUT2D eigenvalue weighted by Crippen LogP contribution is 2.11. The molecule has 0 spiro atoms. The van der Waals surface area contributed by atoms with E-state index in [0.29, 0.717) is 16.8 Å². The highest BCUT2D eigenvalue weighted by Gasteiger charge is 2.14. The average molecular weight is 343 g/mol. The monoisotopic (exact) mass is 343 g/mol. The predicted molar refractivity (Wildman–Crippen MR) is 89.5 cm³/mol. The van der Waals surface area contributed by atoms with Gasteiger partial charge in [0.05, 0.1) is 0 Å². The number of carbonyl (C=O) groups is 4. The maximum Gasteiger partial charge on any atom is 0.355 e. The molecule has 0 bridgehead atoms. The molecule has 2 rings (SSSR count). The molecule has 0 radical (unpaired) electrons. The van der Waals surface area contributed by atoms with Crippen molar-refractivity contribution in [3.05, 3.63) is 53.3 Å². The Bertz CT molecular complexity index is 825. The van der Waals surface area contributed by atoms with Gasteiger partial charge in [0.1, 0.15) is 5.69 Å². The van der Waals surface area contributed by atoms with Crippen LogP contribution in [0.15, 0.2) is 36.5 Å². The lowest BCUT2D eigenvalue weighted by Crippen LogP contribution is -2.22. The molecule has 0 fully saturated rings. The van der Waals surface area contributed by atoms with Gasteiger partial charge < -0.3 is 20.4 Å². The minimum atomic E-state index is -0.748. The highest BCUT2D eigenvalue weighted by molar-refractivity contribution is 5.99. The Hall–Kier alpha value is -3.42. The van der Waals surface area contributed by atoms with Gasteiger partial charge in [0.25, 0.3) is 11.8 Å². The summed E-state index contributed by atoms with van der Waals surface area (Å²) in [6.07, 6.45) is 1.39. The topological polar surface area (TPSA) is 117 Å². The van der Waals surface area contributed by atoms with Crippen molar-refractivity contribution in [2.75, 3.05) is 19.0 Å². The first-order chi connectivity index (χ1) is 11.9. The summed E-state index contributed by atoms with van der Waals surface area (Å²) in [5.74, 6) is -1.78. The molecule has 2 aromatic rings. The van der Waals surface area contributed by atoms with E-state index in [-0.39, 0.29) is 17.4 Å². The van der Waals surface area contributed by atoms with Crippen molar-refractivity contribution in [2.24, 2.45) is 0 Å². The number of aromatic nitrogens is 1. The van der Waals surface area contributed by atoms with Crippen molar-refractivity contribution in [3.8, 4) is 0 Å². The fourth-order valence-electron chi connectivity index (χ4n) is 2.00. The lowest BCUT2D eigenvalue weighted by molar-refractivity contribution is -0.119. The van der Waals surface area contributed by atoms with Gasteiger partial charge >= 0.3 is 5.97 Å². The second-order valence-electron chi connectivity index (χ2n) is 5.14. The zero-order chi connectivity index (χ0) is 18.4. The number of carbonyl (C=O) groups excluding carboxylic acids is 4. The third-order valence-corrected chi connectivity index (χ3v) is 3.28. The number of benzene rings is 1. The van der Waals surface area contributed by atoms with Gasteiger partial charge in [-0.3, -0.25) is 14.4 Å². The van der Waals surface area contributed by atoms with E-state index in [1.54, 1.807) is 18.2 Å². The number of Topliss-reactive ketones (excluding diaryl/α,β-unsaturated/α-hetero) is 1. The number of amides is 2. The fraction of sp³-hybridized carbons (Fsp3) is 0.176. The van der Waals surface area contributed by atoms with Gasteiger partial charge in [-0.25, -0.2) is 4.79 Å². The van der Waals surface area contributed by atoms with E-state index in [4.69, 9.17) is 4.74 Å². The number of H-pyrrole nitrogens is 1. The minimum absolute atomic E-state index is 0.0830. The fourth-order valence-corrected chi connectivity index (χ4v) is 2.00. The van der Waals surface area contributed by atoms with Gasteiger partial charge in [-0.2, -0.15) is 0 Å². The Labute approximate surface area is 143 Å². The summed E-state index contributed by atoms with van der Waals surface area (Å²) in [4.78, 5) is 49.0. The highest BCUT2D eigenvalue weighted by atomic mass is 16.5. The van der Waals surface area contributed by atoms with Crippen LogP contribution in [0.3, 0.4) is 0 Å². The Balaban J connectivity index is 1.91. The zero-order valence-corrected chi connectivity index (χ0v) is 13.7. The van der Waals surface area contributed by atoms with E-state index in [1.807, 2.05) is 0 Å². The number of ketones is 1. The molecular formula is C17H17N3O5. The van der Waals surface area contributed by atoms with Crippen molar-refractivity contribution < 1.29 is 23.9 Å². The first-order valence-corrected chi connectivity index (χ1v) is 7.39. The Morgan fingerprint density at radius 2 is 1.88 bits per heavy atom. The van der Waals surface area contributed by atoms with Crippen LogP contribution >= 0.6 is 0 Å². The molecule has 3 N–H and O–H groups in total. The molecule has 1 aromatic heterocycles. The summed E-state index contributed by atoms with van der Waals surface area (Å²) in [5.41, 5.74) is 1.23. The molecule has 1 heterocycles. The van der Waals surface area contributed by atoms with Crippen LogP contribution in [0.2, 0.25) is 0 Å². The van der Waals surface area contributed by atoms with Gasteiger partial charge in [0.15, 0.2) is 12.4 Å². The quantitative estimate of drug-likeness (QED) is 0.541. The summed E-state index contributed by atoms with van der Waals surface area (Å²) in [7, 11) is 1.51. The van der Waals surface area contributed by atoms with Crippen LogP contribution in [-0.2, 0) is 9.53 Å². The second kappa shape index (κ2) is 7.91. The number of anilines is 1. The molecule has 0 saturated carbocycles. The third-order valence-electron chi connectivity index (χ3n) is 3.28. The first kappa shape index (κ1) is 17.9. The number of hydrogen-bond acceptors (Lipinski definition) is 5. The zero-order valence-electron chi connectivity index (χ0n) is 13.7. The largest absolute Gasteiger partial charge is 0.451 e. The van der Waals surface area contributed by atoms with Crippen LogP contribution in [0.4, 0.5) is 5.69 Å². The maximum absolute atomic E-state index is 11.9. The van der Waals surface area contributed by atoms with Crippen LogP contribution in [0, 0.1) is 0 Å². The molecule has 8 nitrogen and oxygen atoms in total. The van der Waals surface area contributed by atoms with Crippen LogP contribution in [0.25, 0.3) is 0 Å². The predicted octanol–water partition coefficient (Wildman–Crippen LogP) is 1.37. The lowest BCUT2D eigenvalue weighted by atomic mass is 10.2. The average Bonchev–Trinajstić information content (AvgIpc) is 3.09. The lowest BCUT2D eigenvalue weighted by Gasteiger charge is -2.07. The molecule has 25 heavy (non-hydrogen) atoms. The van der Waals surface area contributed by atoms with Gasteiger partial charge in [-0.05, 0) is 31.2 Å². The summed E-state index contributed by atoms with van der Waals surface area (Å²) in [6.45, 7) is 0.871. The van der Waals surface area contributed by atoms with Gasteiger partial charge in [0, 0.05) is 30.1 Å². The van der Waals surface area contributed by atoms with Gasteiger partial charge in [0.2, 0.25) is 0 Å². The number of esters is 1. The molecule has 0 saturated heterocycles. The standard InChI is InChI=1S/C17H17N3O5/c1-10(21)12-7-14(19-8-12)17(24)25-9-15(22)20-13-5-3-4-11(6-13)16(23)18-2/h3-8,19H,9H2,1-2H3,(H,18,23)(H,20,22). The van der Waals surface area contributed by atoms with Crippen LogP contribution in [0.1, 0.15) is 38.1 Å². The van der Waals surface area contributed by atoms with E-state index >= 15 is 0 Å². The molecule has 0 aliphatic rings. The van der Waals surface area contributed by atoms with Crippen LogP contribution in [0.5, 0.6) is 0 Å². The summed E-state index contributed by atoms with van der Waals surface area (Å²) in [5, 5.41) is 5.01. The molecule has 1 aromatic carbocycles. The molecule has 0 aliphatic heterocycles. The Morgan fingerprint density at radius 3 is 2.52 bits per heavy atom. The van der Waals surface area contributed by atoms with E-state index in [2.05, 4.69) is 15.6 Å². The smallest absolute Gasteiger partial charge is 0.355 e. The number of hydrogen-bond donors (Lipinski definition) is 3. The normalized spacial score (nSPS) is 10.0. The van der Waals surface area contributed by atoms with Crippen molar-refractivity contribution in [1.29, 1.82) is 0 Å². The molecule has 130 valence electrons. The van der Waals surface area contributed by atoms with Gasteiger partial charge in [-0.15, -0.1) is 0 Å². The summed E-state index contributed by atoms with van der Waals surface area (Å²) >= 11 is 0. The maximum atomic E-state index is 11.9. The van der Waals surface area contributed by atoms with Crippen molar-refractivity contribution in [3.63, 3.8) is 0 Å². The molecule has 2 amide bonds.